The second-order valence-corrected chi connectivity index (χ2v) is 5.07. The Morgan fingerprint density at radius 1 is 1.63 bits per heavy atom. The van der Waals surface area contributed by atoms with E-state index >= 15 is 0 Å². The Balaban J connectivity index is 1.89. The zero-order chi connectivity index (χ0) is 14.0. The molecule has 3 unspecified atom stereocenters. The largest absolute Gasteiger partial charge is 0.376 e. The van der Waals surface area contributed by atoms with Gasteiger partial charge in [-0.1, -0.05) is 0 Å². The summed E-state index contributed by atoms with van der Waals surface area (Å²) in [5.74, 6) is -0.0731. The Bertz CT molecular complexity index is 455. The van der Waals surface area contributed by atoms with Gasteiger partial charge in [0.05, 0.1) is 17.8 Å². The fraction of sp³-hybridized carbons (Fsp3) is 0.692. The van der Waals surface area contributed by atoms with Crippen molar-refractivity contribution in [3.63, 3.8) is 0 Å². The molecule has 6 heteroatoms. The number of nitrogens with one attached hydrogen (secondary N) is 1. The lowest BCUT2D eigenvalue weighted by molar-refractivity contribution is -0.126. The molecule has 1 fully saturated rings. The highest BCUT2D eigenvalue weighted by Crippen LogP contribution is 2.22. The topological polar surface area (TPSA) is 82.2 Å². The van der Waals surface area contributed by atoms with Crippen LogP contribution < -0.4 is 11.1 Å². The predicted octanol–water partition coefficient (Wildman–Crippen LogP) is 0.121. The summed E-state index contributed by atoms with van der Waals surface area (Å²) in [7, 11) is 0. The second kappa shape index (κ2) is 5.71. The number of ether oxygens (including phenoxy) is 1. The van der Waals surface area contributed by atoms with E-state index in [2.05, 4.69) is 10.4 Å². The maximum Gasteiger partial charge on any atom is 0.242 e. The molecule has 0 spiro atoms. The fourth-order valence-electron chi connectivity index (χ4n) is 2.43. The summed E-state index contributed by atoms with van der Waals surface area (Å²) in [6, 6.07) is 1.86. The van der Waals surface area contributed by atoms with Gasteiger partial charge in [0.1, 0.15) is 6.54 Å². The molecule has 0 saturated heterocycles. The van der Waals surface area contributed by atoms with Gasteiger partial charge in [-0.05, 0) is 33.3 Å². The zero-order valence-electron chi connectivity index (χ0n) is 11.7. The molecule has 1 amide bonds. The van der Waals surface area contributed by atoms with Gasteiger partial charge < -0.3 is 15.8 Å². The third-order valence-corrected chi connectivity index (χ3v) is 3.47. The summed E-state index contributed by atoms with van der Waals surface area (Å²) in [5, 5.41) is 7.21. The third-order valence-electron chi connectivity index (χ3n) is 3.47. The van der Waals surface area contributed by atoms with Crippen molar-refractivity contribution >= 4 is 5.91 Å². The first-order valence-corrected chi connectivity index (χ1v) is 6.69. The minimum absolute atomic E-state index is 0.0130. The van der Waals surface area contributed by atoms with Crippen LogP contribution in [0.3, 0.4) is 0 Å². The Kier molecular flexibility index (Phi) is 4.21. The first-order valence-electron chi connectivity index (χ1n) is 6.69. The number of rotatable bonds is 5. The van der Waals surface area contributed by atoms with Crippen LogP contribution in [0.4, 0.5) is 0 Å². The van der Waals surface area contributed by atoms with Crippen molar-refractivity contribution in [2.24, 2.45) is 5.73 Å². The lowest BCUT2D eigenvalue weighted by atomic mass is 9.83. The van der Waals surface area contributed by atoms with E-state index in [-0.39, 0.29) is 30.6 Å². The highest BCUT2D eigenvalue weighted by molar-refractivity contribution is 5.76. The molecule has 0 radical (unpaired) electrons. The summed E-state index contributed by atoms with van der Waals surface area (Å²) < 4.78 is 7.22. The summed E-state index contributed by atoms with van der Waals surface area (Å²) in [5.41, 5.74) is 7.80. The van der Waals surface area contributed by atoms with Gasteiger partial charge >= 0.3 is 0 Å². The molecule has 19 heavy (non-hydrogen) atoms. The average Bonchev–Trinajstić information content (AvgIpc) is 2.65. The van der Waals surface area contributed by atoms with Crippen LogP contribution in [0, 0.1) is 13.8 Å². The van der Waals surface area contributed by atoms with Crippen LogP contribution in [0.5, 0.6) is 0 Å². The summed E-state index contributed by atoms with van der Waals surface area (Å²) in [6.07, 6.45) is 0.850. The van der Waals surface area contributed by atoms with Crippen molar-refractivity contribution in [2.75, 3.05) is 6.61 Å². The standard InChI is InChI=1S/C13H22N4O2/c1-4-19-11-6-10(14)13(11)15-12(18)7-17-9(3)5-8(2)16-17/h5,10-11,13H,4,6-7,14H2,1-3H3,(H,15,18). The first kappa shape index (κ1) is 14.0. The number of carbonyl (C=O) groups is 1. The maximum absolute atomic E-state index is 12.0. The Morgan fingerprint density at radius 3 is 2.89 bits per heavy atom. The van der Waals surface area contributed by atoms with Crippen LogP contribution in [0.1, 0.15) is 24.7 Å². The van der Waals surface area contributed by atoms with Crippen molar-refractivity contribution in [1.29, 1.82) is 0 Å². The minimum atomic E-state index is -0.0792. The number of aromatic nitrogens is 2. The minimum Gasteiger partial charge on any atom is -0.376 e. The molecule has 1 aromatic rings. The molecule has 0 aliphatic heterocycles. The SMILES string of the molecule is CCOC1CC(N)C1NC(=O)Cn1nc(C)cc1C. The van der Waals surface area contributed by atoms with Gasteiger partial charge in [0, 0.05) is 18.3 Å². The fourth-order valence-corrected chi connectivity index (χ4v) is 2.43. The molecule has 1 heterocycles. The second-order valence-electron chi connectivity index (χ2n) is 5.07. The van der Waals surface area contributed by atoms with E-state index in [4.69, 9.17) is 10.5 Å². The normalized spacial score (nSPS) is 26.0. The summed E-state index contributed by atoms with van der Waals surface area (Å²) in [4.78, 5) is 12.0. The predicted molar refractivity (Wildman–Crippen MR) is 71.6 cm³/mol. The molecule has 0 aromatic carbocycles. The average molecular weight is 266 g/mol. The van der Waals surface area contributed by atoms with Crippen molar-refractivity contribution in [2.45, 2.75) is 51.9 Å². The van der Waals surface area contributed by atoms with Gasteiger partial charge in [-0.15, -0.1) is 0 Å². The number of aryl methyl sites for hydroxylation is 2. The third kappa shape index (κ3) is 3.13. The Labute approximate surface area is 113 Å². The van der Waals surface area contributed by atoms with E-state index in [1.807, 2.05) is 26.8 Å². The van der Waals surface area contributed by atoms with Crippen LogP contribution in [-0.4, -0.2) is 40.5 Å². The van der Waals surface area contributed by atoms with E-state index in [1.165, 1.54) is 0 Å². The Hall–Kier alpha value is -1.40. The molecule has 0 bridgehead atoms. The van der Waals surface area contributed by atoms with Gasteiger partial charge in [0.25, 0.3) is 0 Å². The lowest BCUT2D eigenvalue weighted by Gasteiger charge is -2.42. The van der Waals surface area contributed by atoms with E-state index < -0.39 is 0 Å². The van der Waals surface area contributed by atoms with Crippen LogP contribution in [0.15, 0.2) is 6.07 Å². The number of carbonyl (C=O) groups excluding carboxylic acids is 1. The quantitative estimate of drug-likeness (QED) is 0.793. The molecule has 3 N–H and O–H groups in total. The molecular weight excluding hydrogens is 244 g/mol. The van der Waals surface area contributed by atoms with Crippen LogP contribution >= 0.6 is 0 Å². The molecule has 2 rings (SSSR count). The van der Waals surface area contributed by atoms with Gasteiger partial charge in [-0.25, -0.2) is 0 Å². The van der Waals surface area contributed by atoms with E-state index in [9.17, 15) is 4.79 Å². The molecule has 1 saturated carbocycles. The zero-order valence-corrected chi connectivity index (χ0v) is 11.7. The molecule has 3 atom stereocenters. The van der Waals surface area contributed by atoms with Crippen LogP contribution in [0.2, 0.25) is 0 Å². The van der Waals surface area contributed by atoms with Crippen molar-refractivity contribution in [1.82, 2.24) is 15.1 Å². The summed E-state index contributed by atoms with van der Waals surface area (Å²) >= 11 is 0. The molecule has 1 aliphatic rings. The maximum atomic E-state index is 12.0. The monoisotopic (exact) mass is 266 g/mol. The summed E-state index contributed by atoms with van der Waals surface area (Å²) in [6.45, 7) is 6.65. The van der Waals surface area contributed by atoms with Crippen LogP contribution in [-0.2, 0) is 16.1 Å². The van der Waals surface area contributed by atoms with Gasteiger partial charge in [0.15, 0.2) is 0 Å². The van der Waals surface area contributed by atoms with Gasteiger partial charge in [-0.3, -0.25) is 9.48 Å². The van der Waals surface area contributed by atoms with Gasteiger partial charge in [-0.2, -0.15) is 5.10 Å². The van der Waals surface area contributed by atoms with Crippen LogP contribution in [0.25, 0.3) is 0 Å². The first-order chi connectivity index (χ1) is 9.01. The van der Waals surface area contributed by atoms with Crippen molar-refractivity contribution in [3.05, 3.63) is 17.5 Å². The lowest BCUT2D eigenvalue weighted by Crippen LogP contribution is -2.65. The number of nitrogens with two attached hydrogens (primary N) is 1. The van der Waals surface area contributed by atoms with Gasteiger partial charge in [0.2, 0.25) is 5.91 Å². The van der Waals surface area contributed by atoms with E-state index in [1.54, 1.807) is 4.68 Å². The number of hydrogen-bond donors (Lipinski definition) is 2. The van der Waals surface area contributed by atoms with E-state index in [0.29, 0.717) is 6.61 Å². The molecule has 1 aliphatic carbocycles. The highest BCUT2D eigenvalue weighted by atomic mass is 16.5. The molecule has 106 valence electrons. The molecular formula is C13H22N4O2. The number of nitrogens with zero attached hydrogens (tertiary/aromatic N) is 2. The smallest absolute Gasteiger partial charge is 0.242 e. The molecule has 1 aromatic heterocycles. The molecule has 6 nitrogen and oxygen atoms in total. The Morgan fingerprint density at radius 2 is 2.37 bits per heavy atom. The number of hydrogen-bond acceptors (Lipinski definition) is 4. The highest BCUT2D eigenvalue weighted by Gasteiger charge is 2.40. The van der Waals surface area contributed by atoms with Crippen molar-refractivity contribution < 1.29 is 9.53 Å². The number of amides is 1. The van der Waals surface area contributed by atoms with Crippen molar-refractivity contribution in [3.8, 4) is 0 Å². The van der Waals surface area contributed by atoms with E-state index in [0.717, 1.165) is 17.8 Å².